The maximum absolute atomic E-state index is 11.9. The van der Waals surface area contributed by atoms with Gasteiger partial charge in [-0.3, -0.25) is 4.79 Å². The zero-order valence-electron chi connectivity index (χ0n) is 8.42. The van der Waals surface area contributed by atoms with E-state index in [0.717, 1.165) is 10.4 Å². The third-order valence-electron chi connectivity index (χ3n) is 2.12. The van der Waals surface area contributed by atoms with Crippen LogP contribution in [0, 0.1) is 6.92 Å². The van der Waals surface area contributed by atoms with Crippen LogP contribution in [0.1, 0.15) is 20.1 Å². The molecule has 2 rings (SSSR count). The first-order chi connectivity index (χ1) is 7.58. The van der Waals surface area contributed by atoms with E-state index in [2.05, 4.69) is 0 Å². The Morgan fingerprint density at radius 3 is 2.62 bits per heavy atom. The molecule has 0 N–H and O–H groups in total. The van der Waals surface area contributed by atoms with Gasteiger partial charge in [-0.1, -0.05) is 23.2 Å². The Morgan fingerprint density at radius 1 is 1.38 bits per heavy atom. The van der Waals surface area contributed by atoms with Crippen LogP contribution < -0.4 is 0 Å². The van der Waals surface area contributed by atoms with E-state index in [-0.39, 0.29) is 5.78 Å². The predicted molar refractivity (Wildman–Crippen MR) is 71.4 cm³/mol. The van der Waals surface area contributed by atoms with Crippen molar-refractivity contribution < 1.29 is 4.79 Å². The molecule has 0 spiro atoms. The van der Waals surface area contributed by atoms with Gasteiger partial charge in [0.2, 0.25) is 0 Å². The van der Waals surface area contributed by atoms with E-state index in [1.807, 2.05) is 18.4 Å². The summed E-state index contributed by atoms with van der Waals surface area (Å²) in [5.41, 5.74) is 0.958. The van der Waals surface area contributed by atoms with Crippen LogP contribution in [0.2, 0.25) is 9.36 Å². The van der Waals surface area contributed by atoms with Gasteiger partial charge < -0.3 is 0 Å². The second kappa shape index (κ2) is 4.88. The standard InChI is InChI=1S/C11H8Cl2OS2/c1-6-5-15-11(10(6)13)8(14)4-7-2-3-9(12)16-7/h2-3,5H,4H2,1H3. The first-order valence-corrected chi connectivity index (χ1v) is 7.04. The Morgan fingerprint density at radius 2 is 2.12 bits per heavy atom. The number of rotatable bonds is 3. The van der Waals surface area contributed by atoms with Gasteiger partial charge in [0.1, 0.15) is 0 Å². The van der Waals surface area contributed by atoms with Crippen LogP contribution in [0.5, 0.6) is 0 Å². The number of hydrogen-bond donors (Lipinski definition) is 0. The molecule has 0 unspecified atom stereocenters. The van der Waals surface area contributed by atoms with Gasteiger partial charge in [0, 0.05) is 11.3 Å². The van der Waals surface area contributed by atoms with Crippen molar-refractivity contribution in [3.63, 3.8) is 0 Å². The van der Waals surface area contributed by atoms with E-state index in [1.54, 1.807) is 6.07 Å². The quantitative estimate of drug-likeness (QED) is 0.739. The topological polar surface area (TPSA) is 17.1 Å². The van der Waals surface area contributed by atoms with Crippen LogP contribution in [0.3, 0.4) is 0 Å². The number of halogens is 2. The summed E-state index contributed by atoms with van der Waals surface area (Å²) < 4.78 is 0.705. The summed E-state index contributed by atoms with van der Waals surface area (Å²) in [6.45, 7) is 1.90. The molecular weight excluding hydrogens is 283 g/mol. The highest BCUT2D eigenvalue weighted by atomic mass is 35.5. The molecule has 2 heterocycles. The molecule has 0 saturated heterocycles. The molecule has 0 fully saturated rings. The molecule has 84 valence electrons. The Hall–Kier alpha value is -0.350. The van der Waals surface area contributed by atoms with Gasteiger partial charge in [-0.2, -0.15) is 0 Å². The van der Waals surface area contributed by atoms with E-state index >= 15 is 0 Å². The van der Waals surface area contributed by atoms with Crippen molar-refractivity contribution in [2.45, 2.75) is 13.3 Å². The lowest BCUT2D eigenvalue weighted by atomic mass is 10.2. The first kappa shape index (κ1) is 12.1. The molecule has 0 aliphatic heterocycles. The van der Waals surface area contributed by atoms with Crippen molar-refractivity contribution in [3.05, 3.63) is 42.2 Å². The Labute approximate surface area is 112 Å². The van der Waals surface area contributed by atoms with E-state index in [1.165, 1.54) is 22.7 Å². The van der Waals surface area contributed by atoms with Crippen molar-refractivity contribution >= 4 is 51.7 Å². The Bertz CT molecular complexity index is 528. The second-order valence-corrected chi connectivity index (χ2v) is 6.42. The molecule has 0 amide bonds. The van der Waals surface area contributed by atoms with Crippen LogP contribution >= 0.6 is 45.9 Å². The zero-order valence-corrected chi connectivity index (χ0v) is 11.6. The minimum absolute atomic E-state index is 0.0571. The molecule has 0 radical (unpaired) electrons. The molecule has 0 bridgehead atoms. The highest BCUT2D eigenvalue weighted by Crippen LogP contribution is 2.29. The Balaban J connectivity index is 2.18. The number of carbonyl (C=O) groups is 1. The lowest BCUT2D eigenvalue weighted by molar-refractivity contribution is 0.0998. The van der Waals surface area contributed by atoms with Gasteiger partial charge in [-0.25, -0.2) is 0 Å². The monoisotopic (exact) mass is 290 g/mol. The van der Waals surface area contributed by atoms with E-state index in [9.17, 15) is 4.79 Å². The van der Waals surface area contributed by atoms with Gasteiger partial charge in [-0.05, 0) is 30.0 Å². The molecule has 5 heteroatoms. The van der Waals surface area contributed by atoms with Crippen LogP contribution in [0.25, 0.3) is 0 Å². The SMILES string of the molecule is Cc1csc(C(=O)Cc2ccc(Cl)s2)c1Cl. The van der Waals surface area contributed by atoms with Crippen molar-refractivity contribution in [2.24, 2.45) is 0 Å². The van der Waals surface area contributed by atoms with Gasteiger partial charge in [0.25, 0.3) is 0 Å². The van der Waals surface area contributed by atoms with Crippen molar-refractivity contribution in [1.82, 2.24) is 0 Å². The number of aryl methyl sites for hydroxylation is 1. The molecule has 1 nitrogen and oxygen atoms in total. The van der Waals surface area contributed by atoms with Gasteiger partial charge >= 0.3 is 0 Å². The molecule has 0 saturated carbocycles. The summed E-state index contributed by atoms with van der Waals surface area (Å²) in [6.07, 6.45) is 0.372. The highest BCUT2D eigenvalue weighted by molar-refractivity contribution is 7.16. The molecule has 2 aromatic heterocycles. The lowest BCUT2D eigenvalue weighted by Crippen LogP contribution is -2.00. The smallest absolute Gasteiger partial charge is 0.179 e. The summed E-state index contributed by atoms with van der Waals surface area (Å²) in [7, 11) is 0. The van der Waals surface area contributed by atoms with Gasteiger partial charge in [0.15, 0.2) is 5.78 Å². The normalized spacial score (nSPS) is 10.7. The van der Waals surface area contributed by atoms with Crippen LogP contribution in [-0.4, -0.2) is 5.78 Å². The van der Waals surface area contributed by atoms with Gasteiger partial charge in [-0.15, -0.1) is 22.7 Å². The zero-order chi connectivity index (χ0) is 11.7. The Kier molecular flexibility index (Phi) is 3.70. The highest BCUT2D eigenvalue weighted by Gasteiger charge is 2.15. The van der Waals surface area contributed by atoms with Crippen LogP contribution in [-0.2, 0) is 6.42 Å². The van der Waals surface area contributed by atoms with E-state index in [0.29, 0.717) is 20.7 Å². The van der Waals surface area contributed by atoms with Crippen molar-refractivity contribution in [3.8, 4) is 0 Å². The van der Waals surface area contributed by atoms with Crippen molar-refractivity contribution in [1.29, 1.82) is 0 Å². The first-order valence-electron chi connectivity index (χ1n) is 4.59. The predicted octanol–water partition coefficient (Wildman–Crippen LogP) is 4.85. The molecule has 0 atom stereocenters. The summed E-state index contributed by atoms with van der Waals surface area (Å²) in [5, 5.41) is 2.48. The van der Waals surface area contributed by atoms with Crippen LogP contribution in [0.4, 0.5) is 0 Å². The van der Waals surface area contributed by atoms with E-state index < -0.39 is 0 Å². The largest absolute Gasteiger partial charge is 0.293 e. The molecular formula is C11H8Cl2OS2. The lowest BCUT2D eigenvalue weighted by Gasteiger charge is -1.96. The molecule has 16 heavy (non-hydrogen) atoms. The second-order valence-electron chi connectivity index (χ2n) is 3.37. The average molecular weight is 291 g/mol. The molecule has 2 aromatic rings. The minimum atomic E-state index is 0.0571. The maximum Gasteiger partial charge on any atom is 0.179 e. The molecule has 0 aliphatic rings. The van der Waals surface area contributed by atoms with Crippen LogP contribution in [0.15, 0.2) is 17.5 Å². The fraction of sp³-hybridized carbons (Fsp3) is 0.182. The summed E-state index contributed by atoms with van der Waals surface area (Å²) in [5.74, 6) is 0.0571. The maximum atomic E-state index is 11.9. The number of hydrogen-bond acceptors (Lipinski definition) is 3. The molecule has 0 aliphatic carbocycles. The third-order valence-corrected chi connectivity index (χ3v) is 5.09. The summed E-state index contributed by atoms with van der Waals surface area (Å²) in [4.78, 5) is 13.6. The number of thiophene rings is 2. The fourth-order valence-electron chi connectivity index (χ4n) is 1.30. The average Bonchev–Trinajstić information content (AvgIpc) is 2.76. The number of carbonyl (C=O) groups excluding carboxylic acids is 1. The minimum Gasteiger partial charge on any atom is -0.293 e. The van der Waals surface area contributed by atoms with E-state index in [4.69, 9.17) is 23.2 Å². The number of Topliss-reactive ketones (excluding diaryl/α,β-unsaturated/α-hetero) is 1. The van der Waals surface area contributed by atoms with Gasteiger partial charge in [0.05, 0.1) is 14.2 Å². The fourth-order valence-corrected chi connectivity index (χ4v) is 3.63. The van der Waals surface area contributed by atoms with Crippen molar-refractivity contribution in [2.75, 3.05) is 0 Å². The summed E-state index contributed by atoms with van der Waals surface area (Å²) >= 11 is 14.7. The molecule has 0 aromatic carbocycles. The third kappa shape index (κ3) is 2.48. The summed E-state index contributed by atoms with van der Waals surface area (Å²) in [6, 6.07) is 3.68. The number of ketones is 1.